The summed E-state index contributed by atoms with van der Waals surface area (Å²) < 4.78 is 2.56. The van der Waals surface area contributed by atoms with E-state index in [-0.39, 0.29) is 0 Å². The summed E-state index contributed by atoms with van der Waals surface area (Å²) in [4.78, 5) is 8.87. The summed E-state index contributed by atoms with van der Waals surface area (Å²) in [6, 6.07) is 10.6. The van der Waals surface area contributed by atoms with Gasteiger partial charge in [0.1, 0.15) is 5.82 Å². The number of guanidine groups is 1. The minimum absolute atomic E-state index is 0.327. The van der Waals surface area contributed by atoms with Crippen molar-refractivity contribution < 1.29 is 0 Å². The molecule has 0 aliphatic carbocycles. The van der Waals surface area contributed by atoms with Gasteiger partial charge in [0.15, 0.2) is 5.96 Å². The number of aromatic nitrogens is 2. The highest BCUT2D eigenvalue weighted by Crippen LogP contribution is 2.36. The molecule has 6 heteroatoms. The molecule has 2 aromatic rings. The third-order valence-electron chi connectivity index (χ3n) is 5.08. The molecule has 1 saturated heterocycles. The van der Waals surface area contributed by atoms with E-state index in [1.807, 2.05) is 13.2 Å². The molecule has 146 valence electrons. The molecule has 0 saturated carbocycles. The second-order valence-electron chi connectivity index (χ2n) is 7.31. The lowest BCUT2D eigenvalue weighted by Crippen LogP contribution is -2.43. The van der Waals surface area contributed by atoms with Gasteiger partial charge in [0.2, 0.25) is 0 Å². The van der Waals surface area contributed by atoms with Crippen LogP contribution in [0.4, 0.5) is 0 Å². The Bertz CT molecular complexity index is 719. The Morgan fingerprint density at radius 3 is 2.89 bits per heavy atom. The van der Waals surface area contributed by atoms with Gasteiger partial charge in [0, 0.05) is 37.3 Å². The Hall–Kier alpha value is -1.95. The van der Waals surface area contributed by atoms with Gasteiger partial charge in [-0.25, -0.2) is 4.98 Å². The van der Waals surface area contributed by atoms with Crippen LogP contribution in [0.2, 0.25) is 0 Å². The largest absolute Gasteiger partial charge is 0.355 e. The van der Waals surface area contributed by atoms with E-state index < -0.39 is 0 Å². The second kappa shape index (κ2) is 9.83. The molecule has 2 N–H and O–H groups in total. The molecule has 1 atom stereocenters. The molecule has 1 aromatic heterocycles. The molecule has 1 aromatic carbocycles. The number of nitrogens with one attached hydrogen (secondary N) is 2. The summed E-state index contributed by atoms with van der Waals surface area (Å²) in [6.45, 7) is 4.95. The van der Waals surface area contributed by atoms with Crippen molar-refractivity contribution in [2.45, 2.75) is 50.4 Å². The number of hydrogen-bond donors (Lipinski definition) is 2. The van der Waals surface area contributed by atoms with Crippen molar-refractivity contribution in [3.8, 4) is 0 Å². The molecule has 1 aliphatic heterocycles. The molecule has 27 heavy (non-hydrogen) atoms. The number of imidazole rings is 1. The number of hydrogen-bond acceptors (Lipinski definition) is 3. The zero-order chi connectivity index (χ0) is 19.0. The van der Waals surface area contributed by atoms with Crippen LogP contribution in [-0.4, -0.2) is 39.6 Å². The molecule has 3 rings (SSSR count). The first-order valence-electron chi connectivity index (χ1n) is 9.81. The normalized spacial score (nSPS) is 20.0. The first kappa shape index (κ1) is 19.8. The fraction of sp³-hybridized carbons (Fsp3) is 0.524. The Labute approximate surface area is 167 Å². The van der Waals surface area contributed by atoms with Gasteiger partial charge in [-0.1, -0.05) is 30.3 Å². The molecule has 0 spiro atoms. The van der Waals surface area contributed by atoms with Crippen molar-refractivity contribution >= 4 is 17.7 Å². The Kier molecular flexibility index (Phi) is 7.21. The van der Waals surface area contributed by atoms with Gasteiger partial charge in [0.25, 0.3) is 0 Å². The standard InChI is InChI=1S/C21H31N5S/c1-21(11-7-15-27-21)17-25-20(22-2)24-16-19-23-12-14-26(19)13-6-10-18-8-4-3-5-9-18/h3-5,8-9,12,14H,6-7,10-11,13,15-17H2,1-2H3,(H2,22,24,25). The van der Waals surface area contributed by atoms with E-state index in [9.17, 15) is 0 Å². The number of benzene rings is 1. The molecule has 1 unspecified atom stereocenters. The Morgan fingerprint density at radius 2 is 2.15 bits per heavy atom. The molecule has 2 heterocycles. The van der Waals surface area contributed by atoms with E-state index in [1.54, 1.807) is 0 Å². The summed E-state index contributed by atoms with van der Waals surface area (Å²) in [5.41, 5.74) is 1.39. The number of thioether (sulfide) groups is 1. The maximum atomic E-state index is 4.51. The minimum Gasteiger partial charge on any atom is -0.355 e. The molecular formula is C21H31N5S. The van der Waals surface area contributed by atoms with Crippen molar-refractivity contribution in [1.29, 1.82) is 0 Å². The lowest BCUT2D eigenvalue weighted by Gasteiger charge is -2.24. The number of aryl methyl sites for hydroxylation is 2. The molecule has 1 aliphatic rings. The van der Waals surface area contributed by atoms with E-state index in [1.165, 1.54) is 24.2 Å². The Balaban J connectivity index is 1.44. The third kappa shape index (κ3) is 6.03. The maximum Gasteiger partial charge on any atom is 0.191 e. The Morgan fingerprint density at radius 1 is 1.30 bits per heavy atom. The summed E-state index contributed by atoms with van der Waals surface area (Å²) in [5, 5.41) is 6.89. The van der Waals surface area contributed by atoms with Gasteiger partial charge in [-0.05, 0) is 43.9 Å². The summed E-state index contributed by atoms with van der Waals surface area (Å²) in [6.07, 6.45) is 8.73. The molecular weight excluding hydrogens is 354 g/mol. The zero-order valence-corrected chi connectivity index (χ0v) is 17.3. The van der Waals surface area contributed by atoms with Crippen LogP contribution in [0.5, 0.6) is 0 Å². The van der Waals surface area contributed by atoms with Crippen LogP contribution in [0, 0.1) is 0 Å². The highest BCUT2D eigenvalue weighted by molar-refractivity contribution is 8.00. The molecule has 0 radical (unpaired) electrons. The van der Waals surface area contributed by atoms with Crippen LogP contribution >= 0.6 is 11.8 Å². The first-order valence-corrected chi connectivity index (χ1v) is 10.8. The smallest absolute Gasteiger partial charge is 0.191 e. The fourth-order valence-electron chi connectivity index (χ4n) is 3.44. The van der Waals surface area contributed by atoms with E-state index >= 15 is 0 Å². The number of aliphatic imine (C=N–C) groups is 1. The first-order chi connectivity index (χ1) is 13.2. The number of nitrogens with zero attached hydrogens (tertiary/aromatic N) is 3. The van der Waals surface area contributed by atoms with E-state index in [4.69, 9.17) is 0 Å². The molecule has 5 nitrogen and oxygen atoms in total. The third-order valence-corrected chi connectivity index (χ3v) is 6.61. The SMILES string of the molecule is CN=C(NCc1nccn1CCCc1ccccc1)NCC1(C)CCCS1. The van der Waals surface area contributed by atoms with Crippen molar-refractivity contribution in [2.24, 2.45) is 4.99 Å². The minimum atomic E-state index is 0.327. The topological polar surface area (TPSA) is 54.2 Å². The van der Waals surface area contributed by atoms with E-state index in [0.717, 1.165) is 37.7 Å². The van der Waals surface area contributed by atoms with Crippen molar-refractivity contribution in [2.75, 3.05) is 19.3 Å². The van der Waals surface area contributed by atoms with Crippen LogP contribution in [0.25, 0.3) is 0 Å². The lowest BCUT2D eigenvalue weighted by atomic mass is 10.1. The summed E-state index contributed by atoms with van der Waals surface area (Å²) in [7, 11) is 1.83. The van der Waals surface area contributed by atoms with Crippen LogP contribution in [0.15, 0.2) is 47.7 Å². The monoisotopic (exact) mass is 385 g/mol. The quantitative estimate of drug-likeness (QED) is 0.540. The van der Waals surface area contributed by atoms with Gasteiger partial charge in [0.05, 0.1) is 6.54 Å². The molecule has 0 amide bonds. The molecule has 0 bridgehead atoms. The maximum absolute atomic E-state index is 4.51. The van der Waals surface area contributed by atoms with Gasteiger partial charge in [-0.15, -0.1) is 0 Å². The number of rotatable bonds is 8. The van der Waals surface area contributed by atoms with Crippen LogP contribution in [0.1, 0.15) is 37.6 Å². The van der Waals surface area contributed by atoms with Gasteiger partial charge in [-0.3, -0.25) is 4.99 Å². The lowest BCUT2D eigenvalue weighted by molar-refractivity contribution is 0.577. The predicted molar refractivity (Wildman–Crippen MR) is 115 cm³/mol. The fourth-order valence-corrected chi connectivity index (χ4v) is 4.68. The summed E-state index contributed by atoms with van der Waals surface area (Å²) >= 11 is 2.06. The average Bonchev–Trinajstić information content (AvgIpc) is 3.32. The van der Waals surface area contributed by atoms with Crippen LogP contribution < -0.4 is 10.6 Å². The van der Waals surface area contributed by atoms with Gasteiger partial charge >= 0.3 is 0 Å². The molecule has 1 fully saturated rings. The summed E-state index contributed by atoms with van der Waals surface area (Å²) in [5.74, 6) is 3.17. The second-order valence-corrected chi connectivity index (χ2v) is 8.99. The van der Waals surface area contributed by atoms with Gasteiger partial charge in [-0.2, -0.15) is 11.8 Å². The van der Waals surface area contributed by atoms with Crippen molar-refractivity contribution in [3.63, 3.8) is 0 Å². The van der Waals surface area contributed by atoms with Crippen molar-refractivity contribution in [3.05, 3.63) is 54.1 Å². The van der Waals surface area contributed by atoms with Crippen molar-refractivity contribution in [1.82, 2.24) is 20.2 Å². The highest BCUT2D eigenvalue weighted by Gasteiger charge is 2.29. The van der Waals surface area contributed by atoms with E-state index in [2.05, 4.69) is 80.4 Å². The van der Waals surface area contributed by atoms with Crippen LogP contribution in [0.3, 0.4) is 0 Å². The highest BCUT2D eigenvalue weighted by atomic mass is 32.2. The average molecular weight is 386 g/mol. The van der Waals surface area contributed by atoms with Gasteiger partial charge < -0.3 is 15.2 Å². The predicted octanol–water partition coefficient (Wildman–Crippen LogP) is 3.47. The zero-order valence-electron chi connectivity index (χ0n) is 16.4. The van der Waals surface area contributed by atoms with Crippen LogP contribution in [-0.2, 0) is 19.5 Å². The van der Waals surface area contributed by atoms with E-state index in [0.29, 0.717) is 11.3 Å².